The standard InChI is InChI=1S/C19H18N4O2/c1-10-5-6-13-8-11(2)16(12(3)14(13)7-10)23-18(24)15-17(21-19(23)25)22(4)9-20-15/h5-9H,1-4H3,(H,21,25). The summed E-state index contributed by atoms with van der Waals surface area (Å²) in [6, 6.07) is 8.20. The number of aromatic nitrogens is 4. The predicted octanol–water partition coefficient (Wildman–Crippen LogP) is 2.49. The molecule has 4 aromatic rings. The molecule has 0 radical (unpaired) electrons. The van der Waals surface area contributed by atoms with Crippen LogP contribution in [0.3, 0.4) is 0 Å². The number of benzene rings is 2. The Labute approximate surface area is 143 Å². The Kier molecular flexibility index (Phi) is 3.18. The van der Waals surface area contributed by atoms with Gasteiger partial charge in [0.2, 0.25) is 0 Å². The summed E-state index contributed by atoms with van der Waals surface area (Å²) in [4.78, 5) is 32.5. The predicted molar refractivity (Wildman–Crippen MR) is 98.6 cm³/mol. The maximum Gasteiger partial charge on any atom is 0.334 e. The Morgan fingerprint density at radius 2 is 1.84 bits per heavy atom. The lowest BCUT2D eigenvalue weighted by Gasteiger charge is -2.15. The quantitative estimate of drug-likeness (QED) is 0.581. The third-order valence-corrected chi connectivity index (χ3v) is 4.71. The molecule has 0 aliphatic carbocycles. The maximum absolute atomic E-state index is 12.9. The highest BCUT2D eigenvalue weighted by Crippen LogP contribution is 2.27. The molecular weight excluding hydrogens is 316 g/mol. The molecule has 0 unspecified atom stereocenters. The fourth-order valence-corrected chi connectivity index (χ4v) is 3.48. The van der Waals surface area contributed by atoms with E-state index in [1.807, 2.05) is 26.8 Å². The van der Waals surface area contributed by atoms with Gasteiger partial charge in [-0.15, -0.1) is 0 Å². The van der Waals surface area contributed by atoms with Crippen molar-refractivity contribution in [1.29, 1.82) is 0 Å². The Bertz CT molecular complexity index is 1270. The molecule has 0 aliphatic heterocycles. The minimum Gasteiger partial charge on any atom is -0.320 e. The van der Waals surface area contributed by atoms with Gasteiger partial charge in [-0.05, 0) is 48.7 Å². The molecule has 0 amide bonds. The lowest BCUT2D eigenvalue weighted by molar-refractivity contribution is 0.863. The lowest BCUT2D eigenvalue weighted by Crippen LogP contribution is -2.35. The van der Waals surface area contributed by atoms with Crippen LogP contribution in [0.2, 0.25) is 0 Å². The summed E-state index contributed by atoms with van der Waals surface area (Å²) in [7, 11) is 1.74. The summed E-state index contributed by atoms with van der Waals surface area (Å²) >= 11 is 0. The van der Waals surface area contributed by atoms with E-state index in [9.17, 15) is 9.59 Å². The van der Waals surface area contributed by atoms with E-state index in [4.69, 9.17) is 0 Å². The summed E-state index contributed by atoms with van der Waals surface area (Å²) in [5, 5.41) is 2.13. The second-order valence-electron chi connectivity index (χ2n) is 6.52. The van der Waals surface area contributed by atoms with Gasteiger partial charge in [0.15, 0.2) is 5.52 Å². The average molecular weight is 334 g/mol. The van der Waals surface area contributed by atoms with Gasteiger partial charge in [0, 0.05) is 7.05 Å². The van der Waals surface area contributed by atoms with Crippen LogP contribution in [-0.4, -0.2) is 19.1 Å². The fraction of sp³-hybridized carbons (Fsp3) is 0.211. The monoisotopic (exact) mass is 334 g/mol. The van der Waals surface area contributed by atoms with Crippen LogP contribution in [0.25, 0.3) is 27.6 Å². The first kappa shape index (κ1) is 15.4. The number of nitrogens with zero attached hydrogens (tertiary/aromatic N) is 3. The van der Waals surface area contributed by atoms with Crippen molar-refractivity contribution < 1.29 is 0 Å². The van der Waals surface area contributed by atoms with Crippen molar-refractivity contribution in [3.05, 3.63) is 68.1 Å². The number of hydrogen-bond donors (Lipinski definition) is 1. The molecule has 0 saturated carbocycles. The van der Waals surface area contributed by atoms with E-state index in [0.29, 0.717) is 11.3 Å². The summed E-state index contributed by atoms with van der Waals surface area (Å²) in [6.07, 6.45) is 1.52. The zero-order chi connectivity index (χ0) is 17.9. The number of hydrogen-bond acceptors (Lipinski definition) is 3. The molecule has 126 valence electrons. The second-order valence-corrected chi connectivity index (χ2v) is 6.52. The van der Waals surface area contributed by atoms with Crippen LogP contribution in [0, 0.1) is 20.8 Å². The molecule has 0 fully saturated rings. The Morgan fingerprint density at radius 1 is 1.08 bits per heavy atom. The van der Waals surface area contributed by atoms with Crippen LogP contribution in [0.5, 0.6) is 0 Å². The van der Waals surface area contributed by atoms with E-state index in [1.165, 1.54) is 10.9 Å². The van der Waals surface area contributed by atoms with Gasteiger partial charge in [-0.3, -0.25) is 9.78 Å². The highest BCUT2D eigenvalue weighted by molar-refractivity contribution is 5.90. The molecule has 0 aliphatic rings. The van der Waals surface area contributed by atoms with Crippen LogP contribution in [0.1, 0.15) is 16.7 Å². The highest BCUT2D eigenvalue weighted by Gasteiger charge is 2.17. The van der Waals surface area contributed by atoms with E-state index in [2.05, 4.69) is 28.2 Å². The summed E-state index contributed by atoms with van der Waals surface area (Å²) in [5.74, 6) is 0. The van der Waals surface area contributed by atoms with Gasteiger partial charge in [-0.2, -0.15) is 0 Å². The van der Waals surface area contributed by atoms with E-state index in [0.717, 1.165) is 27.5 Å². The number of H-pyrrole nitrogens is 1. The van der Waals surface area contributed by atoms with Crippen LogP contribution in [0.15, 0.2) is 40.2 Å². The molecule has 0 spiro atoms. The summed E-state index contributed by atoms with van der Waals surface area (Å²) < 4.78 is 2.83. The molecule has 2 aromatic carbocycles. The minimum atomic E-state index is -0.459. The first-order valence-electron chi connectivity index (χ1n) is 8.06. The Morgan fingerprint density at radius 3 is 2.60 bits per heavy atom. The molecule has 6 nitrogen and oxygen atoms in total. The first-order chi connectivity index (χ1) is 11.9. The van der Waals surface area contributed by atoms with Crippen LogP contribution < -0.4 is 11.2 Å². The molecule has 1 N–H and O–H groups in total. The minimum absolute atomic E-state index is 0.255. The lowest BCUT2D eigenvalue weighted by atomic mass is 9.98. The fourth-order valence-electron chi connectivity index (χ4n) is 3.48. The second kappa shape index (κ2) is 5.17. The van der Waals surface area contributed by atoms with Crippen molar-refractivity contribution in [2.45, 2.75) is 20.8 Å². The van der Waals surface area contributed by atoms with Crippen molar-refractivity contribution >= 4 is 21.9 Å². The van der Waals surface area contributed by atoms with E-state index in [1.54, 1.807) is 11.6 Å². The number of rotatable bonds is 1. The third kappa shape index (κ3) is 2.14. The molecule has 0 saturated heterocycles. The van der Waals surface area contributed by atoms with Gasteiger partial charge in [0.25, 0.3) is 5.56 Å². The van der Waals surface area contributed by atoms with Crippen molar-refractivity contribution in [2.75, 3.05) is 0 Å². The highest BCUT2D eigenvalue weighted by atomic mass is 16.2. The van der Waals surface area contributed by atoms with E-state index in [-0.39, 0.29) is 5.52 Å². The largest absolute Gasteiger partial charge is 0.334 e. The Hall–Kier alpha value is -3.15. The molecular formula is C19H18N4O2. The molecule has 4 rings (SSSR count). The Balaban J connectivity index is 2.17. The van der Waals surface area contributed by atoms with Gasteiger partial charge in [-0.1, -0.05) is 23.8 Å². The molecule has 6 heteroatoms. The van der Waals surface area contributed by atoms with Gasteiger partial charge in [-0.25, -0.2) is 14.3 Å². The van der Waals surface area contributed by atoms with E-state index < -0.39 is 11.2 Å². The van der Waals surface area contributed by atoms with Gasteiger partial charge in [0.1, 0.15) is 5.65 Å². The first-order valence-corrected chi connectivity index (χ1v) is 8.06. The van der Waals surface area contributed by atoms with E-state index >= 15 is 0 Å². The number of aromatic amines is 1. The molecule has 25 heavy (non-hydrogen) atoms. The number of fused-ring (bicyclic) bond motifs is 2. The topological polar surface area (TPSA) is 72.7 Å². The van der Waals surface area contributed by atoms with Crippen molar-refractivity contribution in [2.24, 2.45) is 7.05 Å². The summed E-state index contributed by atoms with van der Waals surface area (Å²) in [5.41, 5.74) is 3.35. The zero-order valence-electron chi connectivity index (χ0n) is 14.5. The third-order valence-electron chi connectivity index (χ3n) is 4.71. The smallest absolute Gasteiger partial charge is 0.320 e. The van der Waals surface area contributed by atoms with Crippen LogP contribution >= 0.6 is 0 Å². The normalized spacial score (nSPS) is 11.5. The SMILES string of the molecule is Cc1ccc2cc(C)c(-n3c(=O)[nH]c4c(ncn4C)c3=O)c(C)c2c1. The average Bonchev–Trinajstić information content (AvgIpc) is 2.92. The molecule has 2 heterocycles. The van der Waals surface area contributed by atoms with Crippen molar-refractivity contribution in [3.63, 3.8) is 0 Å². The molecule has 0 bridgehead atoms. The summed E-state index contributed by atoms with van der Waals surface area (Å²) in [6.45, 7) is 5.88. The maximum atomic E-state index is 12.9. The van der Waals surface area contributed by atoms with Crippen molar-refractivity contribution in [1.82, 2.24) is 19.1 Å². The molecule has 0 atom stereocenters. The van der Waals surface area contributed by atoms with Gasteiger partial charge in [0.05, 0.1) is 12.0 Å². The van der Waals surface area contributed by atoms with Crippen LogP contribution in [0.4, 0.5) is 0 Å². The molecule has 2 aromatic heterocycles. The van der Waals surface area contributed by atoms with Gasteiger partial charge >= 0.3 is 5.69 Å². The number of nitrogens with one attached hydrogen (secondary N) is 1. The number of aryl methyl sites for hydroxylation is 4. The van der Waals surface area contributed by atoms with Crippen molar-refractivity contribution in [3.8, 4) is 5.69 Å². The number of imidazole rings is 1. The zero-order valence-corrected chi connectivity index (χ0v) is 14.5. The van der Waals surface area contributed by atoms with Crippen LogP contribution in [-0.2, 0) is 7.05 Å². The van der Waals surface area contributed by atoms with Gasteiger partial charge < -0.3 is 4.57 Å².